The van der Waals surface area contributed by atoms with Crippen molar-refractivity contribution < 1.29 is 22.6 Å². The molecule has 16 heavy (non-hydrogen) atoms. The Bertz CT molecular complexity index is 431. The zero-order chi connectivity index (χ0) is 11.7. The van der Waals surface area contributed by atoms with Crippen LogP contribution in [0.5, 0.6) is 0 Å². The lowest BCUT2D eigenvalue weighted by Gasteiger charge is -2.12. The molecule has 0 bridgehead atoms. The third-order valence-electron chi connectivity index (χ3n) is 2.23. The van der Waals surface area contributed by atoms with Crippen molar-refractivity contribution in [3.05, 3.63) is 34.6 Å². The van der Waals surface area contributed by atoms with Gasteiger partial charge in [-0.2, -0.15) is 0 Å². The monoisotopic (exact) mass is 231 g/mol. The molecule has 0 radical (unpaired) electrons. The second-order valence-electron chi connectivity index (χ2n) is 3.21. The number of nitrogens with one attached hydrogen (secondary N) is 1. The maximum Gasteiger partial charge on any atom is 0.195 e. The van der Waals surface area contributed by atoms with Crippen LogP contribution in [0.4, 0.5) is 13.2 Å². The van der Waals surface area contributed by atoms with Crippen molar-refractivity contribution in [3.63, 3.8) is 0 Å². The molecule has 6 heteroatoms. The molecule has 0 aliphatic carbocycles. The van der Waals surface area contributed by atoms with E-state index in [1.165, 1.54) is 0 Å². The smallest absolute Gasteiger partial charge is 0.195 e. The Morgan fingerprint density at radius 1 is 1.12 bits per heavy atom. The molecule has 1 saturated heterocycles. The summed E-state index contributed by atoms with van der Waals surface area (Å²) in [5, 5.41) is 6.88. The standard InChI is InChI=1S/C10H8F3NO2/c11-7-5(4-14)3-6(8(12)9(7)13)10-15-1-2-16-10/h3-4,10,14H,1-2H2. The van der Waals surface area contributed by atoms with Crippen LogP contribution in [-0.4, -0.2) is 19.4 Å². The van der Waals surface area contributed by atoms with E-state index in [0.29, 0.717) is 6.21 Å². The normalized spacial score (nSPS) is 16.7. The lowest BCUT2D eigenvalue weighted by atomic mass is 10.1. The van der Waals surface area contributed by atoms with Crippen LogP contribution in [-0.2, 0) is 9.47 Å². The van der Waals surface area contributed by atoms with Crippen LogP contribution >= 0.6 is 0 Å². The first-order valence-electron chi connectivity index (χ1n) is 4.56. The molecular formula is C10H8F3NO2. The van der Waals surface area contributed by atoms with E-state index in [9.17, 15) is 13.2 Å². The lowest BCUT2D eigenvalue weighted by molar-refractivity contribution is -0.0469. The van der Waals surface area contributed by atoms with Gasteiger partial charge in [0.1, 0.15) is 0 Å². The molecule has 1 heterocycles. The molecule has 1 N–H and O–H groups in total. The number of benzene rings is 1. The van der Waals surface area contributed by atoms with Crippen molar-refractivity contribution in [1.82, 2.24) is 0 Å². The molecule has 1 aromatic rings. The van der Waals surface area contributed by atoms with E-state index in [1.807, 2.05) is 0 Å². The van der Waals surface area contributed by atoms with Gasteiger partial charge < -0.3 is 14.9 Å². The first-order valence-corrected chi connectivity index (χ1v) is 4.56. The number of hydrogen-bond acceptors (Lipinski definition) is 3. The molecule has 3 nitrogen and oxygen atoms in total. The van der Waals surface area contributed by atoms with Gasteiger partial charge in [0.15, 0.2) is 23.7 Å². The van der Waals surface area contributed by atoms with Crippen LogP contribution < -0.4 is 0 Å². The van der Waals surface area contributed by atoms with Gasteiger partial charge in [0.25, 0.3) is 0 Å². The Hall–Kier alpha value is -1.40. The van der Waals surface area contributed by atoms with E-state index in [-0.39, 0.29) is 24.3 Å². The van der Waals surface area contributed by atoms with E-state index in [2.05, 4.69) is 0 Å². The predicted molar refractivity (Wildman–Crippen MR) is 48.8 cm³/mol. The fourth-order valence-electron chi connectivity index (χ4n) is 1.46. The van der Waals surface area contributed by atoms with Crippen LogP contribution in [0, 0.1) is 22.9 Å². The molecule has 1 aromatic carbocycles. The molecule has 1 aliphatic heterocycles. The van der Waals surface area contributed by atoms with Crippen LogP contribution in [0.2, 0.25) is 0 Å². The Balaban J connectivity index is 2.52. The highest BCUT2D eigenvalue weighted by molar-refractivity contribution is 5.77. The molecule has 0 saturated carbocycles. The summed E-state index contributed by atoms with van der Waals surface area (Å²) in [6.45, 7) is 0.534. The summed E-state index contributed by atoms with van der Waals surface area (Å²) in [6, 6.07) is 1.01. The minimum Gasteiger partial charge on any atom is -0.346 e. The van der Waals surface area contributed by atoms with Crippen LogP contribution in [0.15, 0.2) is 6.07 Å². The molecule has 0 amide bonds. The van der Waals surface area contributed by atoms with Gasteiger partial charge in [-0.25, -0.2) is 13.2 Å². The summed E-state index contributed by atoms with van der Waals surface area (Å²) in [4.78, 5) is 0. The second kappa shape index (κ2) is 4.23. The fraction of sp³-hybridized carbons (Fsp3) is 0.300. The zero-order valence-electron chi connectivity index (χ0n) is 8.10. The Kier molecular flexibility index (Phi) is 2.93. The molecular weight excluding hydrogens is 223 g/mol. The predicted octanol–water partition coefficient (Wildman–Crippen LogP) is 2.15. The number of halogens is 3. The summed E-state index contributed by atoms with van der Waals surface area (Å²) in [7, 11) is 0. The highest BCUT2D eigenvalue weighted by Crippen LogP contribution is 2.29. The minimum atomic E-state index is -1.62. The van der Waals surface area contributed by atoms with Gasteiger partial charge in [-0.1, -0.05) is 0 Å². The third-order valence-corrected chi connectivity index (χ3v) is 2.23. The van der Waals surface area contributed by atoms with Gasteiger partial charge >= 0.3 is 0 Å². The molecule has 0 unspecified atom stereocenters. The van der Waals surface area contributed by atoms with Crippen molar-refractivity contribution in [3.8, 4) is 0 Å². The quantitative estimate of drug-likeness (QED) is 0.626. The van der Waals surface area contributed by atoms with Crippen molar-refractivity contribution in [2.75, 3.05) is 13.2 Å². The zero-order valence-corrected chi connectivity index (χ0v) is 8.10. The fourth-order valence-corrected chi connectivity index (χ4v) is 1.46. The maximum absolute atomic E-state index is 13.4. The summed E-state index contributed by atoms with van der Waals surface area (Å²) < 4.78 is 49.6. The van der Waals surface area contributed by atoms with Crippen molar-refractivity contribution in [2.24, 2.45) is 0 Å². The first kappa shape index (κ1) is 11.1. The van der Waals surface area contributed by atoms with Gasteiger partial charge in [0, 0.05) is 17.3 Å². The first-order chi connectivity index (χ1) is 7.65. The molecule has 0 spiro atoms. The largest absolute Gasteiger partial charge is 0.346 e. The van der Waals surface area contributed by atoms with E-state index < -0.39 is 23.7 Å². The molecule has 1 fully saturated rings. The highest BCUT2D eigenvalue weighted by atomic mass is 19.2. The van der Waals surface area contributed by atoms with Gasteiger partial charge in [-0.05, 0) is 6.07 Å². The molecule has 1 aliphatic rings. The second-order valence-corrected chi connectivity index (χ2v) is 3.21. The molecule has 0 atom stereocenters. The van der Waals surface area contributed by atoms with Crippen LogP contribution in [0.3, 0.4) is 0 Å². The van der Waals surface area contributed by atoms with Crippen molar-refractivity contribution in [2.45, 2.75) is 6.29 Å². The topological polar surface area (TPSA) is 42.3 Å². The summed E-state index contributed by atoms with van der Waals surface area (Å²) >= 11 is 0. The summed E-state index contributed by atoms with van der Waals surface area (Å²) in [6.07, 6.45) is -0.426. The number of hydrogen-bond donors (Lipinski definition) is 1. The van der Waals surface area contributed by atoms with Gasteiger partial charge in [-0.3, -0.25) is 0 Å². The van der Waals surface area contributed by atoms with Crippen LogP contribution in [0.1, 0.15) is 17.4 Å². The van der Waals surface area contributed by atoms with Crippen molar-refractivity contribution in [1.29, 1.82) is 5.41 Å². The molecule has 0 aromatic heterocycles. The lowest BCUT2D eigenvalue weighted by Crippen LogP contribution is -2.08. The van der Waals surface area contributed by atoms with Gasteiger partial charge in [-0.15, -0.1) is 0 Å². The Morgan fingerprint density at radius 2 is 1.75 bits per heavy atom. The number of ether oxygens (including phenoxy) is 2. The Labute approximate surface area is 89.3 Å². The van der Waals surface area contributed by atoms with E-state index >= 15 is 0 Å². The van der Waals surface area contributed by atoms with Crippen LogP contribution in [0.25, 0.3) is 0 Å². The summed E-state index contributed by atoms with van der Waals surface area (Å²) in [5.41, 5.74) is -0.567. The Morgan fingerprint density at radius 3 is 2.31 bits per heavy atom. The van der Waals surface area contributed by atoms with Crippen molar-refractivity contribution >= 4 is 6.21 Å². The molecule has 86 valence electrons. The average Bonchev–Trinajstić information content (AvgIpc) is 2.80. The van der Waals surface area contributed by atoms with Gasteiger partial charge in [0.05, 0.1) is 13.2 Å². The van der Waals surface area contributed by atoms with E-state index in [0.717, 1.165) is 6.07 Å². The highest BCUT2D eigenvalue weighted by Gasteiger charge is 2.27. The number of rotatable bonds is 2. The maximum atomic E-state index is 13.4. The average molecular weight is 231 g/mol. The van der Waals surface area contributed by atoms with Gasteiger partial charge in [0.2, 0.25) is 0 Å². The summed E-state index contributed by atoms with van der Waals surface area (Å²) in [5.74, 6) is -4.33. The van der Waals surface area contributed by atoms with E-state index in [1.54, 1.807) is 0 Å². The molecule has 2 rings (SSSR count). The minimum absolute atomic E-state index is 0.227. The SMILES string of the molecule is N=Cc1cc(C2OCCO2)c(F)c(F)c1F. The third kappa shape index (κ3) is 1.70. The van der Waals surface area contributed by atoms with E-state index in [4.69, 9.17) is 14.9 Å².